The summed E-state index contributed by atoms with van der Waals surface area (Å²) in [4.78, 5) is 12.0. The summed E-state index contributed by atoms with van der Waals surface area (Å²) in [5.41, 5.74) is 3.76. The first-order chi connectivity index (χ1) is 9.34. The number of halogens is 1. The molecule has 0 aromatic heterocycles. The highest BCUT2D eigenvalue weighted by Crippen LogP contribution is 2.21. The molecular weight excluding hydrogens is 314 g/mol. The third kappa shape index (κ3) is 6.08. The van der Waals surface area contributed by atoms with Crippen LogP contribution < -0.4 is 5.32 Å². The summed E-state index contributed by atoms with van der Waals surface area (Å²) in [6, 6.07) is 6.22. The lowest BCUT2D eigenvalue weighted by Crippen LogP contribution is -2.35. The van der Waals surface area contributed by atoms with E-state index in [2.05, 4.69) is 61.1 Å². The third-order valence-corrected chi connectivity index (χ3v) is 4.25. The molecule has 0 spiro atoms. The molecule has 20 heavy (non-hydrogen) atoms. The number of nitrogens with one attached hydrogen (secondary N) is 1. The molecule has 0 aliphatic heterocycles. The fourth-order valence-electron chi connectivity index (χ4n) is 2.13. The van der Waals surface area contributed by atoms with Crippen molar-refractivity contribution in [3.63, 3.8) is 0 Å². The summed E-state index contributed by atoms with van der Waals surface area (Å²) in [6.45, 7) is 9.31. The minimum Gasteiger partial charge on any atom is -0.355 e. The molecule has 1 aromatic carbocycles. The van der Waals surface area contributed by atoms with Crippen molar-refractivity contribution in [1.82, 2.24) is 5.32 Å². The van der Waals surface area contributed by atoms with Crippen LogP contribution in [0.15, 0.2) is 18.2 Å². The van der Waals surface area contributed by atoms with Crippen molar-refractivity contribution in [2.24, 2.45) is 5.41 Å². The molecule has 3 heteroatoms. The van der Waals surface area contributed by atoms with E-state index in [4.69, 9.17) is 0 Å². The summed E-state index contributed by atoms with van der Waals surface area (Å²) in [5.74, 6) is 0.111. The van der Waals surface area contributed by atoms with E-state index in [0.717, 1.165) is 30.3 Å². The lowest BCUT2D eigenvalue weighted by molar-refractivity contribution is -0.120. The van der Waals surface area contributed by atoms with Crippen LogP contribution in [0.1, 0.15) is 43.4 Å². The SMILES string of the molecule is Cc1ccc(CC(=O)NCC(C)(C)CCCBr)cc1C. The van der Waals surface area contributed by atoms with E-state index >= 15 is 0 Å². The second kappa shape index (κ2) is 7.82. The fourth-order valence-corrected chi connectivity index (χ4v) is 2.41. The van der Waals surface area contributed by atoms with Gasteiger partial charge in [-0.2, -0.15) is 0 Å². The molecule has 0 radical (unpaired) electrons. The zero-order chi connectivity index (χ0) is 15.2. The van der Waals surface area contributed by atoms with Crippen LogP contribution >= 0.6 is 15.9 Å². The number of aryl methyl sites for hydroxylation is 2. The van der Waals surface area contributed by atoms with Gasteiger partial charge in [-0.15, -0.1) is 0 Å². The van der Waals surface area contributed by atoms with E-state index in [-0.39, 0.29) is 11.3 Å². The van der Waals surface area contributed by atoms with Crippen molar-refractivity contribution in [2.75, 3.05) is 11.9 Å². The van der Waals surface area contributed by atoms with Crippen molar-refractivity contribution >= 4 is 21.8 Å². The molecule has 0 bridgehead atoms. The lowest BCUT2D eigenvalue weighted by atomic mass is 9.88. The average Bonchev–Trinajstić information content (AvgIpc) is 2.39. The van der Waals surface area contributed by atoms with Crippen LogP contribution in [0.4, 0.5) is 0 Å². The zero-order valence-corrected chi connectivity index (χ0v) is 14.6. The van der Waals surface area contributed by atoms with E-state index in [1.54, 1.807) is 0 Å². The van der Waals surface area contributed by atoms with Gasteiger partial charge in [0.1, 0.15) is 0 Å². The van der Waals surface area contributed by atoms with Crippen LogP contribution in [-0.2, 0) is 11.2 Å². The Labute approximate surface area is 131 Å². The third-order valence-electron chi connectivity index (χ3n) is 3.69. The van der Waals surface area contributed by atoms with E-state index in [1.165, 1.54) is 11.1 Å². The van der Waals surface area contributed by atoms with Gasteiger partial charge >= 0.3 is 0 Å². The first kappa shape index (κ1) is 17.2. The number of alkyl halides is 1. The van der Waals surface area contributed by atoms with Crippen LogP contribution in [-0.4, -0.2) is 17.8 Å². The molecule has 1 amide bonds. The van der Waals surface area contributed by atoms with Gasteiger partial charge in [0.15, 0.2) is 0 Å². The molecule has 2 nitrogen and oxygen atoms in total. The smallest absolute Gasteiger partial charge is 0.224 e. The Morgan fingerprint density at radius 1 is 1.25 bits per heavy atom. The van der Waals surface area contributed by atoms with Gasteiger partial charge in [-0.05, 0) is 48.8 Å². The second-order valence-electron chi connectivity index (χ2n) is 6.33. The average molecular weight is 340 g/mol. The van der Waals surface area contributed by atoms with Gasteiger partial charge in [-0.25, -0.2) is 0 Å². The number of hydrogen-bond donors (Lipinski definition) is 1. The van der Waals surface area contributed by atoms with Gasteiger partial charge in [-0.1, -0.05) is 48.0 Å². The van der Waals surface area contributed by atoms with Crippen molar-refractivity contribution < 1.29 is 4.79 Å². The molecule has 0 unspecified atom stereocenters. The fraction of sp³-hybridized carbons (Fsp3) is 0.588. The van der Waals surface area contributed by atoms with Gasteiger partial charge in [0.2, 0.25) is 5.91 Å². The van der Waals surface area contributed by atoms with Crippen molar-refractivity contribution in [3.8, 4) is 0 Å². The number of carbonyl (C=O) groups is 1. The van der Waals surface area contributed by atoms with Gasteiger partial charge in [0.25, 0.3) is 0 Å². The monoisotopic (exact) mass is 339 g/mol. The maximum absolute atomic E-state index is 12.0. The Balaban J connectivity index is 2.45. The Kier molecular flexibility index (Phi) is 6.74. The quantitative estimate of drug-likeness (QED) is 0.742. The highest BCUT2D eigenvalue weighted by Gasteiger charge is 2.18. The van der Waals surface area contributed by atoms with Crippen molar-refractivity contribution in [2.45, 2.75) is 47.0 Å². The van der Waals surface area contributed by atoms with Crippen LogP contribution in [0.5, 0.6) is 0 Å². The molecule has 0 heterocycles. The van der Waals surface area contributed by atoms with Crippen LogP contribution in [0, 0.1) is 19.3 Å². The van der Waals surface area contributed by atoms with Crippen molar-refractivity contribution in [1.29, 1.82) is 0 Å². The minimum absolute atomic E-state index is 0.111. The zero-order valence-electron chi connectivity index (χ0n) is 13.1. The van der Waals surface area contributed by atoms with E-state index in [1.807, 2.05) is 6.07 Å². The molecule has 112 valence electrons. The number of hydrogen-bond acceptors (Lipinski definition) is 1. The van der Waals surface area contributed by atoms with Gasteiger partial charge in [0, 0.05) is 11.9 Å². The predicted molar refractivity (Wildman–Crippen MR) is 89.4 cm³/mol. The molecule has 0 aliphatic carbocycles. The number of benzene rings is 1. The summed E-state index contributed by atoms with van der Waals surface area (Å²) in [7, 11) is 0. The Bertz CT molecular complexity index is 454. The molecule has 1 aromatic rings. The minimum atomic E-state index is 0.111. The van der Waals surface area contributed by atoms with Gasteiger partial charge < -0.3 is 5.32 Å². The van der Waals surface area contributed by atoms with E-state index < -0.39 is 0 Å². The maximum atomic E-state index is 12.0. The summed E-state index contributed by atoms with van der Waals surface area (Å²) < 4.78 is 0. The molecular formula is C17H26BrNO. The first-order valence-electron chi connectivity index (χ1n) is 7.23. The Morgan fingerprint density at radius 2 is 1.95 bits per heavy atom. The summed E-state index contributed by atoms with van der Waals surface area (Å²) >= 11 is 3.45. The molecule has 1 N–H and O–H groups in total. The van der Waals surface area contributed by atoms with Gasteiger partial charge in [0.05, 0.1) is 6.42 Å². The highest BCUT2D eigenvalue weighted by molar-refractivity contribution is 9.09. The molecule has 1 rings (SSSR count). The standard InChI is InChI=1S/C17H26BrNO/c1-13-6-7-15(10-14(13)2)11-16(20)19-12-17(3,4)8-5-9-18/h6-7,10H,5,8-9,11-12H2,1-4H3,(H,19,20). The van der Waals surface area contributed by atoms with E-state index in [0.29, 0.717) is 6.42 Å². The van der Waals surface area contributed by atoms with Gasteiger partial charge in [-0.3, -0.25) is 4.79 Å². The van der Waals surface area contributed by atoms with Crippen LogP contribution in [0.25, 0.3) is 0 Å². The van der Waals surface area contributed by atoms with Crippen LogP contribution in [0.2, 0.25) is 0 Å². The lowest BCUT2D eigenvalue weighted by Gasteiger charge is -2.24. The highest BCUT2D eigenvalue weighted by atomic mass is 79.9. The maximum Gasteiger partial charge on any atom is 0.224 e. The Hall–Kier alpha value is -0.830. The molecule has 0 saturated heterocycles. The molecule has 0 fully saturated rings. The number of carbonyl (C=O) groups excluding carboxylic acids is 1. The first-order valence-corrected chi connectivity index (χ1v) is 8.35. The molecule has 0 aliphatic rings. The molecule has 0 atom stereocenters. The molecule has 0 saturated carbocycles. The van der Waals surface area contributed by atoms with Crippen LogP contribution in [0.3, 0.4) is 0 Å². The number of amides is 1. The normalized spacial score (nSPS) is 11.4. The summed E-state index contributed by atoms with van der Waals surface area (Å²) in [6.07, 6.45) is 2.72. The topological polar surface area (TPSA) is 29.1 Å². The Morgan fingerprint density at radius 3 is 2.55 bits per heavy atom. The number of rotatable bonds is 7. The second-order valence-corrected chi connectivity index (χ2v) is 7.12. The van der Waals surface area contributed by atoms with Crippen molar-refractivity contribution in [3.05, 3.63) is 34.9 Å². The largest absolute Gasteiger partial charge is 0.355 e. The van der Waals surface area contributed by atoms with E-state index in [9.17, 15) is 4.79 Å². The predicted octanol–water partition coefficient (Wildman–Crippen LogP) is 4.16. The summed E-state index contributed by atoms with van der Waals surface area (Å²) in [5, 5.41) is 4.08.